The molecule has 0 heterocycles. The minimum atomic E-state index is -0.997. The van der Waals surface area contributed by atoms with Gasteiger partial charge in [0, 0.05) is 6.42 Å². The van der Waals surface area contributed by atoms with Crippen molar-refractivity contribution in [2.75, 3.05) is 6.61 Å². The molecule has 3 nitrogen and oxygen atoms in total. The lowest BCUT2D eigenvalue weighted by atomic mass is 9.90. The zero-order valence-electron chi connectivity index (χ0n) is 13.0. The molecule has 0 aliphatic carbocycles. The molecule has 1 atom stereocenters. The van der Waals surface area contributed by atoms with Gasteiger partial charge >= 0.3 is 5.97 Å². The molecule has 0 aliphatic heterocycles. The van der Waals surface area contributed by atoms with Crippen LogP contribution >= 0.6 is 0 Å². The molecule has 0 saturated heterocycles. The van der Waals surface area contributed by atoms with Crippen molar-refractivity contribution in [1.29, 1.82) is 0 Å². The highest BCUT2D eigenvalue weighted by molar-refractivity contribution is 5.69. The average Bonchev–Trinajstić information content (AvgIpc) is 2.37. The molecule has 0 aromatic heterocycles. The third-order valence-corrected chi connectivity index (χ3v) is 3.34. The number of esters is 1. The fraction of sp³-hybridized carbons (Fsp3) is 0.588. The van der Waals surface area contributed by atoms with Gasteiger partial charge in [0.25, 0.3) is 0 Å². The monoisotopic (exact) mass is 278 g/mol. The zero-order chi connectivity index (χ0) is 15.2. The highest BCUT2D eigenvalue weighted by Crippen LogP contribution is 2.26. The summed E-state index contributed by atoms with van der Waals surface area (Å²) < 4.78 is 4.89. The fourth-order valence-corrected chi connectivity index (χ4v) is 2.19. The molecule has 0 amide bonds. The van der Waals surface area contributed by atoms with E-state index in [1.165, 1.54) is 5.56 Å². The number of benzene rings is 1. The molecule has 20 heavy (non-hydrogen) atoms. The van der Waals surface area contributed by atoms with Gasteiger partial charge in [-0.3, -0.25) is 4.79 Å². The number of ether oxygens (including phenoxy) is 1. The van der Waals surface area contributed by atoms with Gasteiger partial charge in [0.15, 0.2) is 0 Å². The molecular formula is C17H26O3. The van der Waals surface area contributed by atoms with E-state index in [9.17, 15) is 9.90 Å². The summed E-state index contributed by atoms with van der Waals surface area (Å²) in [5.74, 6) is 0.356. The second-order valence-electron chi connectivity index (χ2n) is 5.87. The lowest BCUT2D eigenvalue weighted by molar-refractivity contribution is -0.144. The van der Waals surface area contributed by atoms with Gasteiger partial charge < -0.3 is 9.84 Å². The summed E-state index contributed by atoms with van der Waals surface area (Å²) in [6.45, 7) is 8.27. The van der Waals surface area contributed by atoms with Gasteiger partial charge in [-0.2, -0.15) is 0 Å². The molecule has 0 spiro atoms. The second-order valence-corrected chi connectivity index (χ2v) is 5.87. The van der Waals surface area contributed by atoms with Crippen LogP contribution in [0.5, 0.6) is 0 Å². The van der Waals surface area contributed by atoms with Gasteiger partial charge in [-0.15, -0.1) is 0 Å². The van der Waals surface area contributed by atoms with E-state index in [1.54, 1.807) is 13.8 Å². The Morgan fingerprint density at radius 2 is 1.90 bits per heavy atom. The first-order valence-electron chi connectivity index (χ1n) is 7.32. The Hall–Kier alpha value is -1.35. The Bertz CT molecular complexity index is 418. The summed E-state index contributed by atoms with van der Waals surface area (Å²) >= 11 is 0. The number of carbonyl (C=O) groups excluding carboxylic acids is 1. The van der Waals surface area contributed by atoms with Gasteiger partial charge in [-0.25, -0.2) is 0 Å². The SMILES string of the molecule is CCOC(=O)CCC(C)(O)c1ccc(CC(C)C)cc1. The lowest BCUT2D eigenvalue weighted by Crippen LogP contribution is -2.23. The van der Waals surface area contributed by atoms with Crippen LogP contribution < -0.4 is 0 Å². The van der Waals surface area contributed by atoms with Crippen molar-refractivity contribution in [1.82, 2.24) is 0 Å². The van der Waals surface area contributed by atoms with Crippen LogP contribution in [0.4, 0.5) is 0 Å². The number of rotatable bonds is 7. The zero-order valence-corrected chi connectivity index (χ0v) is 13.0. The van der Waals surface area contributed by atoms with E-state index in [2.05, 4.69) is 13.8 Å². The maximum atomic E-state index is 11.4. The molecule has 0 saturated carbocycles. The van der Waals surface area contributed by atoms with E-state index >= 15 is 0 Å². The third kappa shape index (κ3) is 5.33. The van der Waals surface area contributed by atoms with Crippen LogP contribution in [0, 0.1) is 5.92 Å². The Kier molecular flexibility index (Phi) is 6.21. The van der Waals surface area contributed by atoms with Crippen molar-refractivity contribution in [2.24, 2.45) is 5.92 Å². The van der Waals surface area contributed by atoms with Crippen molar-refractivity contribution in [2.45, 2.75) is 52.6 Å². The van der Waals surface area contributed by atoms with Gasteiger partial charge in [0.05, 0.1) is 12.2 Å². The van der Waals surface area contributed by atoms with Crippen molar-refractivity contribution >= 4 is 5.97 Å². The number of aliphatic hydroxyl groups is 1. The van der Waals surface area contributed by atoms with E-state index in [1.807, 2.05) is 24.3 Å². The minimum absolute atomic E-state index is 0.231. The lowest BCUT2D eigenvalue weighted by Gasteiger charge is -2.23. The van der Waals surface area contributed by atoms with E-state index in [-0.39, 0.29) is 12.4 Å². The highest BCUT2D eigenvalue weighted by atomic mass is 16.5. The molecule has 0 radical (unpaired) electrons. The Balaban J connectivity index is 2.64. The minimum Gasteiger partial charge on any atom is -0.466 e. The molecule has 112 valence electrons. The quantitative estimate of drug-likeness (QED) is 0.777. The molecule has 0 fully saturated rings. The van der Waals surface area contributed by atoms with Crippen molar-refractivity contribution in [3.8, 4) is 0 Å². The maximum Gasteiger partial charge on any atom is 0.305 e. The topological polar surface area (TPSA) is 46.5 Å². The molecular weight excluding hydrogens is 252 g/mol. The molecule has 3 heteroatoms. The average molecular weight is 278 g/mol. The summed E-state index contributed by atoms with van der Waals surface area (Å²) in [4.78, 5) is 11.4. The predicted octanol–water partition coefficient (Wildman–Crippen LogP) is 3.44. The van der Waals surface area contributed by atoms with Crippen molar-refractivity contribution in [3.05, 3.63) is 35.4 Å². The van der Waals surface area contributed by atoms with Crippen LogP contribution in [0.3, 0.4) is 0 Å². The standard InChI is InChI=1S/C17H26O3/c1-5-20-16(18)10-11-17(4,19)15-8-6-14(7-9-15)12-13(2)3/h6-9,13,19H,5,10-12H2,1-4H3. The maximum absolute atomic E-state index is 11.4. The van der Waals surface area contributed by atoms with Crippen LogP contribution in [-0.4, -0.2) is 17.7 Å². The molecule has 0 bridgehead atoms. The fourth-order valence-electron chi connectivity index (χ4n) is 2.19. The number of carbonyl (C=O) groups is 1. The van der Waals surface area contributed by atoms with Gasteiger partial charge in [-0.05, 0) is 43.7 Å². The number of hydrogen-bond acceptors (Lipinski definition) is 3. The van der Waals surface area contributed by atoms with Crippen LogP contribution in [0.15, 0.2) is 24.3 Å². The first-order chi connectivity index (χ1) is 9.35. The molecule has 1 aromatic carbocycles. The first kappa shape index (κ1) is 16.7. The Morgan fingerprint density at radius 3 is 2.40 bits per heavy atom. The summed E-state index contributed by atoms with van der Waals surface area (Å²) in [5.41, 5.74) is 1.11. The van der Waals surface area contributed by atoms with E-state index in [4.69, 9.17) is 4.74 Å². The molecule has 1 rings (SSSR count). The van der Waals surface area contributed by atoms with Crippen molar-refractivity contribution < 1.29 is 14.6 Å². The smallest absolute Gasteiger partial charge is 0.305 e. The van der Waals surface area contributed by atoms with E-state index in [0.717, 1.165) is 12.0 Å². The normalized spacial score (nSPS) is 14.1. The van der Waals surface area contributed by atoms with Gasteiger partial charge in [-0.1, -0.05) is 38.1 Å². The van der Waals surface area contributed by atoms with Gasteiger partial charge in [0.1, 0.15) is 0 Å². The Morgan fingerprint density at radius 1 is 1.30 bits per heavy atom. The summed E-state index contributed by atoms with van der Waals surface area (Å²) in [6.07, 6.45) is 1.63. The highest BCUT2D eigenvalue weighted by Gasteiger charge is 2.24. The summed E-state index contributed by atoms with van der Waals surface area (Å²) in [5, 5.41) is 10.5. The molecule has 0 aliphatic rings. The summed E-state index contributed by atoms with van der Waals surface area (Å²) in [7, 11) is 0. The summed E-state index contributed by atoms with van der Waals surface area (Å²) in [6, 6.07) is 7.99. The molecule has 1 N–H and O–H groups in total. The first-order valence-corrected chi connectivity index (χ1v) is 7.32. The van der Waals surface area contributed by atoms with Gasteiger partial charge in [0.2, 0.25) is 0 Å². The molecule has 1 unspecified atom stereocenters. The largest absolute Gasteiger partial charge is 0.466 e. The van der Waals surface area contributed by atoms with Crippen LogP contribution in [-0.2, 0) is 21.6 Å². The van der Waals surface area contributed by atoms with Crippen LogP contribution in [0.25, 0.3) is 0 Å². The molecule has 1 aromatic rings. The number of hydrogen-bond donors (Lipinski definition) is 1. The van der Waals surface area contributed by atoms with Crippen LogP contribution in [0.2, 0.25) is 0 Å². The van der Waals surface area contributed by atoms with E-state index < -0.39 is 5.60 Å². The second kappa shape index (κ2) is 7.44. The van der Waals surface area contributed by atoms with Crippen LogP contribution in [0.1, 0.15) is 51.7 Å². The third-order valence-electron chi connectivity index (χ3n) is 3.34. The Labute approximate surface area is 122 Å². The van der Waals surface area contributed by atoms with Crippen molar-refractivity contribution in [3.63, 3.8) is 0 Å². The van der Waals surface area contributed by atoms with E-state index in [0.29, 0.717) is 18.9 Å². The predicted molar refractivity (Wildman–Crippen MR) is 80.4 cm³/mol.